The average Bonchev–Trinajstić information content (AvgIpc) is 3.34. The summed E-state index contributed by atoms with van der Waals surface area (Å²) in [5.74, 6) is 0.650. The zero-order chi connectivity index (χ0) is 21.0. The van der Waals surface area contributed by atoms with E-state index in [0.29, 0.717) is 30.8 Å². The zero-order valence-corrected chi connectivity index (χ0v) is 16.6. The van der Waals surface area contributed by atoms with E-state index in [1.807, 2.05) is 18.9 Å². The van der Waals surface area contributed by atoms with Crippen LogP contribution in [0.15, 0.2) is 41.1 Å². The van der Waals surface area contributed by atoms with E-state index in [1.165, 1.54) is 28.4 Å². The number of benzene rings is 1. The minimum atomic E-state index is -4.37. The van der Waals surface area contributed by atoms with E-state index in [9.17, 15) is 18.0 Å². The van der Waals surface area contributed by atoms with Gasteiger partial charge in [0.1, 0.15) is 0 Å². The number of aromatic nitrogens is 2. The molecule has 0 aliphatic rings. The predicted octanol–water partition coefficient (Wildman–Crippen LogP) is 4.22. The molecule has 0 spiro atoms. The number of anilines is 1. The van der Waals surface area contributed by atoms with Crippen LogP contribution in [0.4, 0.5) is 18.3 Å². The van der Waals surface area contributed by atoms with E-state index in [-0.39, 0.29) is 6.54 Å². The Balaban J connectivity index is 1.59. The number of carbonyl (C=O) groups is 1. The largest absolute Gasteiger partial charge is 0.416 e. The predicted molar refractivity (Wildman–Crippen MR) is 104 cm³/mol. The lowest BCUT2D eigenvalue weighted by atomic mass is 10.1. The Morgan fingerprint density at radius 1 is 1.17 bits per heavy atom. The summed E-state index contributed by atoms with van der Waals surface area (Å²) in [7, 11) is 1.86. The molecule has 0 N–H and O–H groups in total. The number of aryl methyl sites for hydroxylation is 1. The van der Waals surface area contributed by atoms with Gasteiger partial charge in [-0.2, -0.15) is 13.2 Å². The Kier molecular flexibility index (Phi) is 6.21. The second-order valence-electron chi connectivity index (χ2n) is 6.48. The van der Waals surface area contributed by atoms with E-state index in [1.54, 1.807) is 12.3 Å². The molecule has 0 saturated heterocycles. The van der Waals surface area contributed by atoms with Crippen molar-refractivity contribution < 1.29 is 22.5 Å². The SMILES string of the molecule is Cc1nc(N(C)CCN(C=O)Cc2ccc(C(F)(F)F)cc2)sc1-c1ccno1. The van der Waals surface area contributed by atoms with Crippen LogP contribution in [-0.2, 0) is 17.5 Å². The highest BCUT2D eigenvalue weighted by Gasteiger charge is 2.30. The molecule has 0 saturated carbocycles. The lowest BCUT2D eigenvalue weighted by molar-refractivity contribution is -0.137. The molecule has 0 aliphatic carbocycles. The van der Waals surface area contributed by atoms with Gasteiger partial charge in [0.05, 0.1) is 22.3 Å². The smallest absolute Gasteiger partial charge is 0.355 e. The van der Waals surface area contributed by atoms with Crippen molar-refractivity contribution in [3.05, 3.63) is 53.3 Å². The van der Waals surface area contributed by atoms with Crippen LogP contribution in [-0.4, -0.2) is 41.6 Å². The fraction of sp³-hybridized carbons (Fsp3) is 0.316. The Bertz CT molecular complexity index is 940. The van der Waals surface area contributed by atoms with Gasteiger partial charge in [0.2, 0.25) is 6.41 Å². The van der Waals surface area contributed by atoms with Gasteiger partial charge in [-0.1, -0.05) is 28.6 Å². The lowest BCUT2D eigenvalue weighted by Gasteiger charge is -2.22. The molecule has 154 valence electrons. The number of nitrogens with zero attached hydrogens (tertiary/aromatic N) is 4. The Morgan fingerprint density at radius 2 is 1.90 bits per heavy atom. The molecule has 2 heterocycles. The highest BCUT2D eigenvalue weighted by Crippen LogP contribution is 2.34. The summed E-state index contributed by atoms with van der Waals surface area (Å²) < 4.78 is 43.1. The molecule has 0 radical (unpaired) electrons. The van der Waals surface area contributed by atoms with Gasteiger partial charge in [0.25, 0.3) is 0 Å². The number of amides is 1. The van der Waals surface area contributed by atoms with Crippen molar-refractivity contribution in [3.8, 4) is 10.6 Å². The molecule has 0 aliphatic heterocycles. The molecule has 3 aromatic rings. The van der Waals surface area contributed by atoms with Gasteiger partial charge in [-0.3, -0.25) is 4.79 Å². The Hall–Kier alpha value is -2.88. The maximum absolute atomic E-state index is 12.7. The number of thiazole rings is 1. The zero-order valence-electron chi connectivity index (χ0n) is 15.8. The molecule has 2 aromatic heterocycles. The number of hydrogen-bond donors (Lipinski definition) is 0. The maximum atomic E-state index is 12.7. The number of alkyl halides is 3. The summed E-state index contributed by atoms with van der Waals surface area (Å²) in [6, 6.07) is 6.58. The summed E-state index contributed by atoms with van der Waals surface area (Å²) in [6.07, 6.45) is -2.11. The average molecular weight is 424 g/mol. The number of carbonyl (C=O) groups excluding carboxylic acids is 1. The van der Waals surface area contributed by atoms with Crippen LogP contribution in [0.1, 0.15) is 16.8 Å². The van der Waals surface area contributed by atoms with Gasteiger partial charge in [-0.25, -0.2) is 4.98 Å². The quantitative estimate of drug-likeness (QED) is 0.507. The van der Waals surface area contributed by atoms with Crippen LogP contribution < -0.4 is 4.90 Å². The topological polar surface area (TPSA) is 62.5 Å². The second kappa shape index (κ2) is 8.64. The van der Waals surface area contributed by atoms with Gasteiger partial charge in [-0.15, -0.1) is 0 Å². The summed E-state index contributed by atoms with van der Waals surface area (Å²) in [6.45, 7) is 3.03. The van der Waals surface area contributed by atoms with Crippen LogP contribution in [0, 0.1) is 6.92 Å². The molecule has 0 bridgehead atoms. The number of hydrogen-bond acceptors (Lipinski definition) is 6. The first-order valence-corrected chi connectivity index (χ1v) is 9.54. The standard InChI is InChI=1S/C19H19F3N4O2S/c1-13-17(16-7-8-23-28-16)29-18(24-13)25(2)9-10-26(12-27)11-14-3-5-15(6-4-14)19(20,21)22/h3-8,12H,9-11H2,1-2H3. The summed E-state index contributed by atoms with van der Waals surface area (Å²) in [5, 5.41) is 4.48. The molecular weight excluding hydrogens is 405 g/mol. The van der Waals surface area contributed by atoms with E-state index in [0.717, 1.165) is 27.8 Å². The molecule has 0 fully saturated rings. The molecule has 6 nitrogen and oxygen atoms in total. The molecule has 1 aromatic carbocycles. The summed E-state index contributed by atoms with van der Waals surface area (Å²) in [4.78, 5) is 20.2. The van der Waals surface area contributed by atoms with Crippen molar-refractivity contribution in [2.24, 2.45) is 0 Å². The molecule has 29 heavy (non-hydrogen) atoms. The second-order valence-corrected chi connectivity index (χ2v) is 7.46. The fourth-order valence-electron chi connectivity index (χ4n) is 2.68. The third-order valence-electron chi connectivity index (χ3n) is 4.31. The van der Waals surface area contributed by atoms with Crippen LogP contribution in [0.5, 0.6) is 0 Å². The summed E-state index contributed by atoms with van der Waals surface area (Å²) in [5.41, 5.74) is 0.747. The van der Waals surface area contributed by atoms with E-state index in [4.69, 9.17) is 4.52 Å². The lowest BCUT2D eigenvalue weighted by Crippen LogP contribution is -2.32. The molecule has 1 amide bonds. The molecule has 0 unspecified atom stereocenters. The molecule has 3 rings (SSSR count). The Morgan fingerprint density at radius 3 is 2.48 bits per heavy atom. The maximum Gasteiger partial charge on any atom is 0.416 e. The third kappa shape index (κ3) is 5.14. The van der Waals surface area contributed by atoms with E-state index < -0.39 is 11.7 Å². The Labute approximate surface area is 169 Å². The summed E-state index contributed by atoms with van der Waals surface area (Å²) >= 11 is 1.46. The van der Waals surface area contributed by atoms with Crippen LogP contribution in [0.25, 0.3) is 10.6 Å². The first kappa shape index (κ1) is 20.8. The van der Waals surface area contributed by atoms with E-state index >= 15 is 0 Å². The van der Waals surface area contributed by atoms with Gasteiger partial charge < -0.3 is 14.3 Å². The first-order valence-electron chi connectivity index (χ1n) is 8.73. The number of rotatable bonds is 8. The van der Waals surface area contributed by atoms with Crippen LogP contribution in [0.3, 0.4) is 0 Å². The van der Waals surface area contributed by atoms with Crippen molar-refractivity contribution in [1.29, 1.82) is 0 Å². The van der Waals surface area contributed by atoms with Crippen LogP contribution in [0.2, 0.25) is 0 Å². The van der Waals surface area contributed by atoms with Crippen LogP contribution >= 0.6 is 11.3 Å². The third-order valence-corrected chi connectivity index (χ3v) is 5.60. The van der Waals surface area contributed by atoms with Crippen molar-refractivity contribution in [1.82, 2.24) is 15.0 Å². The van der Waals surface area contributed by atoms with Crippen molar-refractivity contribution >= 4 is 22.9 Å². The van der Waals surface area contributed by atoms with Crippen molar-refractivity contribution in [2.75, 3.05) is 25.0 Å². The van der Waals surface area contributed by atoms with Gasteiger partial charge in [0, 0.05) is 32.7 Å². The highest BCUT2D eigenvalue weighted by molar-refractivity contribution is 7.19. The van der Waals surface area contributed by atoms with Gasteiger partial charge >= 0.3 is 6.18 Å². The monoisotopic (exact) mass is 424 g/mol. The number of likely N-dealkylation sites (N-methyl/N-ethyl adjacent to an activating group) is 1. The first-order chi connectivity index (χ1) is 13.8. The fourth-order valence-corrected chi connectivity index (χ4v) is 3.70. The van der Waals surface area contributed by atoms with Crippen molar-refractivity contribution in [3.63, 3.8) is 0 Å². The van der Waals surface area contributed by atoms with Gasteiger partial charge in [0.15, 0.2) is 10.9 Å². The molecule has 0 atom stereocenters. The minimum Gasteiger partial charge on any atom is -0.355 e. The van der Waals surface area contributed by atoms with Gasteiger partial charge in [-0.05, 0) is 24.6 Å². The normalized spacial score (nSPS) is 11.5. The van der Waals surface area contributed by atoms with Crippen molar-refractivity contribution in [2.45, 2.75) is 19.6 Å². The molecular formula is C19H19F3N4O2S. The van der Waals surface area contributed by atoms with E-state index in [2.05, 4.69) is 10.1 Å². The minimum absolute atomic E-state index is 0.232. The highest BCUT2D eigenvalue weighted by atomic mass is 32.1. The number of halogens is 3. The molecule has 10 heteroatoms.